The van der Waals surface area contributed by atoms with Crippen LogP contribution in [-0.2, 0) is 9.53 Å². The lowest BCUT2D eigenvalue weighted by Crippen LogP contribution is -2.03. The van der Waals surface area contributed by atoms with Crippen LogP contribution in [0.2, 0.25) is 0 Å². The Hall–Kier alpha value is -2.55. The molecule has 0 saturated heterocycles. The summed E-state index contributed by atoms with van der Waals surface area (Å²) in [6, 6.07) is 19.2. The molecule has 3 aromatic rings. The highest BCUT2D eigenvalue weighted by Crippen LogP contribution is 2.30. The number of ether oxygens (including phenoxy) is 2. The van der Waals surface area contributed by atoms with E-state index in [-0.39, 0.29) is 5.97 Å². The van der Waals surface area contributed by atoms with Crippen LogP contribution in [0.25, 0.3) is 21.5 Å². The summed E-state index contributed by atoms with van der Waals surface area (Å²) >= 11 is 0. The fourth-order valence-corrected chi connectivity index (χ4v) is 3.56. The van der Waals surface area contributed by atoms with Crippen LogP contribution >= 0.6 is 0 Å². The average molecular weight is 379 g/mol. The van der Waals surface area contributed by atoms with E-state index < -0.39 is 0 Å². The molecule has 0 aliphatic carbocycles. The summed E-state index contributed by atoms with van der Waals surface area (Å²) in [5.41, 5.74) is 0. The minimum Gasteiger partial charge on any atom is -0.493 e. The molecular formula is C25H30O3. The van der Waals surface area contributed by atoms with Gasteiger partial charge in [0.15, 0.2) is 0 Å². The van der Waals surface area contributed by atoms with Crippen LogP contribution in [0.1, 0.15) is 51.9 Å². The van der Waals surface area contributed by atoms with E-state index in [9.17, 15) is 4.79 Å². The molecule has 0 fully saturated rings. The van der Waals surface area contributed by atoms with Gasteiger partial charge in [0, 0.05) is 11.8 Å². The van der Waals surface area contributed by atoms with E-state index in [1.54, 1.807) is 0 Å². The first kappa shape index (κ1) is 20.2. The topological polar surface area (TPSA) is 35.5 Å². The maximum atomic E-state index is 11.3. The van der Waals surface area contributed by atoms with Gasteiger partial charge < -0.3 is 9.47 Å². The Morgan fingerprint density at radius 3 is 2.25 bits per heavy atom. The van der Waals surface area contributed by atoms with Crippen LogP contribution in [0.15, 0.2) is 54.6 Å². The minimum absolute atomic E-state index is 0.0706. The van der Waals surface area contributed by atoms with Crippen LogP contribution < -0.4 is 4.74 Å². The molecule has 0 radical (unpaired) electrons. The predicted molar refractivity (Wildman–Crippen MR) is 116 cm³/mol. The molecule has 3 aromatic carbocycles. The molecule has 0 N–H and O–H groups in total. The van der Waals surface area contributed by atoms with Crippen molar-refractivity contribution in [3.63, 3.8) is 0 Å². The largest absolute Gasteiger partial charge is 0.493 e. The summed E-state index contributed by atoms with van der Waals surface area (Å²) in [5.74, 6) is 0.899. The highest BCUT2D eigenvalue weighted by atomic mass is 16.5. The highest BCUT2D eigenvalue weighted by molar-refractivity contribution is 6.00. The second kappa shape index (κ2) is 10.7. The van der Waals surface area contributed by atoms with Crippen molar-refractivity contribution < 1.29 is 14.3 Å². The standard InChI is InChI=1S/C25H30O3/c1-2-27-25(26)16-7-5-3-4-6-10-17-28-24-15-11-14-22-18-20-12-8-9-13-21(20)19-23(22)24/h8-9,11-15,18-19H,2-7,10,16-17H2,1H3. The maximum Gasteiger partial charge on any atom is 0.305 e. The van der Waals surface area contributed by atoms with Crippen LogP contribution in [0, 0.1) is 0 Å². The van der Waals surface area contributed by atoms with Gasteiger partial charge in [-0.1, -0.05) is 62.1 Å². The van der Waals surface area contributed by atoms with E-state index in [1.165, 1.54) is 34.4 Å². The molecule has 0 amide bonds. The van der Waals surface area contributed by atoms with Crippen LogP contribution in [-0.4, -0.2) is 19.2 Å². The Morgan fingerprint density at radius 2 is 1.46 bits per heavy atom. The van der Waals surface area contributed by atoms with Gasteiger partial charge in [-0.05, 0) is 54.1 Å². The molecule has 148 valence electrons. The molecule has 0 bridgehead atoms. The molecule has 3 heteroatoms. The van der Waals surface area contributed by atoms with E-state index in [0.29, 0.717) is 13.0 Å². The van der Waals surface area contributed by atoms with Crippen molar-refractivity contribution in [2.45, 2.75) is 51.9 Å². The fraction of sp³-hybridized carbons (Fsp3) is 0.400. The Kier molecular flexibility index (Phi) is 7.71. The third kappa shape index (κ3) is 5.72. The lowest BCUT2D eigenvalue weighted by Gasteiger charge is -2.10. The summed E-state index contributed by atoms with van der Waals surface area (Å²) in [4.78, 5) is 11.3. The number of fused-ring (bicyclic) bond motifs is 2. The smallest absolute Gasteiger partial charge is 0.305 e. The monoisotopic (exact) mass is 378 g/mol. The lowest BCUT2D eigenvalue weighted by atomic mass is 10.0. The van der Waals surface area contributed by atoms with Gasteiger partial charge in [0.1, 0.15) is 5.75 Å². The molecule has 0 aliphatic rings. The molecule has 0 atom stereocenters. The van der Waals surface area contributed by atoms with Crippen molar-refractivity contribution in [1.29, 1.82) is 0 Å². The quantitative estimate of drug-likeness (QED) is 0.212. The zero-order chi connectivity index (χ0) is 19.6. The Morgan fingerprint density at radius 1 is 0.786 bits per heavy atom. The molecule has 0 saturated carbocycles. The van der Waals surface area contributed by atoms with Crippen molar-refractivity contribution >= 4 is 27.5 Å². The van der Waals surface area contributed by atoms with Gasteiger partial charge in [-0.3, -0.25) is 4.79 Å². The second-order valence-electron chi connectivity index (χ2n) is 7.20. The van der Waals surface area contributed by atoms with Crippen molar-refractivity contribution in [2.24, 2.45) is 0 Å². The van der Waals surface area contributed by atoms with Crippen molar-refractivity contribution in [3.05, 3.63) is 54.6 Å². The number of benzene rings is 3. The lowest BCUT2D eigenvalue weighted by molar-refractivity contribution is -0.143. The molecule has 0 spiro atoms. The summed E-state index contributed by atoms with van der Waals surface area (Å²) < 4.78 is 11.0. The third-order valence-electron chi connectivity index (χ3n) is 5.04. The van der Waals surface area contributed by atoms with Crippen molar-refractivity contribution in [3.8, 4) is 5.75 Å². The van der Waals surface area contributed by atoms with Gasteiger partial charge in [0.2, 0.25) is 0 Å². The first-order valence-electron chi connectivity index (χ1n) is 10.5. The number of hydrogen-bond donors (Lipinski definition) is 0. The molecule has 3 nitrogen and oxygen atoms in total. The average Bonchev–Trinajstić information content (AvgIpc) is 2.71. The number of unbranched alkanes of at least 4 members (excludes halogenated alkanes) is 5. The summed E-state index contributed by atoms with van der Waals surface area (Å²) in [5, 5.41) is 4.90. The predicted octanol–water partition coefficient (Wildman–Crippen LogP) is 6.67. The second-order valence-corrected chi connectivity index (χ2v) is 7.20. The van der Waals surface area contributed by atoms with Gasteiger partial charge in [-0.25, -0.2) is 0 Å². The maximum absolute atomic E-state index is 11.3. The zero-order valence-electron chi connectivity index (χ0n) is 16.8. The number of rotatable bonds is 11. The molecule has 28 heavy (non-hydrogen) atoms. The number of carbonyl (C=O) groups is 1. The molecule has 0 unspecified atom stereocenters. The summed E-state index contributed by atoms with van der Waals surface area (Å²) in [7, 11) is 0. The van der Waals surface area contributed by atoms with E-state index >= 15 is 0 Å². The Labute approximate surface area is 167 Å². The van der Waals surface area contributed by atoms with Crippen LogP contribution in [0.4, 0.5) is 0 Å². The van der Waals surface area contributed by atoms with E-state index in [4.69, 9.17) is 9.47 Å². The van der Waals surface area contributed by atoms with Gasteiger partial charge >= 0.3 is 5.97 Å². The fourth-order valence-electron chi connectivity index (χ4n) is 3.56. The Bertz CT molecular complexity index is 901. The van der Waals surface area contributed by atoms with E-state index in [1.807, 2.05) is 6.92 Å². The molecule has 0 aromatic heterocycles. The highest BCUT2D eigenvalue weighted by Gasteiger charge is 2.04. The molecule has 3 rings (SSSR count). The third-order valence-corrected chi connectivity index (χ3v) is 5.04. The van der Waals surface area contributed by atoms with E-state index in [2.05, 4.69) is 54.6 Å². The number of carbonyl (C=O) groups excluding carboxylic acids is 1. The van der Waals surface area contributed by atoms with Crippen LogP contribution in [0.5, 0.6) is 5.75 Å². The number of hydrogen-bond acceptors (Lipinski definition) is 3. The van der Waals surface area contributed by atoms with Crippen molar-refractivity contribution in [1.82, 2.24) is 0 Å². The Balaban J connectivity index is 1.40. The summed E-state index contributed by atoms with van der Waals surface area (Å²) in [6.07, 6.45) is 7.14. The normalized spacial score (nSPS) is 11.0. The van der Waals surface area contributed by atoms with Gasteiger partial charge in [-0.2, -0.15) is 0 Å². The van der Waals surface area contributed by atoms with E-state index in [0.717, 1.165) is 38.0 Å². The summed E-state index contributed by atoms with van der Waals surface area (Å²) in [6.45, 7) is 3.07. The number of esters is 1. The van der Waals surface area contributed by atoms with Crippen molar-refractivity contribution in [2.75, 3.05) is 13.2 Å². The minimum atomic E-state index is -0.0706. The van der Waals surface area contributed by atoms with Gasteiger partial charge in [-0.15, -0.1) is 0 Å². The van der Waals surface area contributed by atoms with Gasteiger partial charge in [0.05, 0.1) is 13.2 Å². The first-order chi connectivity index (χ1) is 13.8. The van der Waals surface area contributed by atoms with Crippen LogP contribution in [0.3, 0.4) is 0 Å². The molecule has 0 heterocycles. The SMILES string of the molecule is CCOC(=O)CCCCCCCCOc1cccc2cc3ccccc3cc12. The van der Waals surface area contributed by atoms with Gasteiger partial charge in [0.25, 0.3) is 0 Å². The first-order valence-corrected chi connectivity index (χ1v) is 10.5. The molecular weight excluding hydrogens is 348 g/mol. The zero-order valence-corrected chi connectivity index (χ0v) is 16.8. The molecule has 0 aliphatic heterocycles.